The standard InChI is InChI=1S/C14H16NO14P/c1-4-7(18)5(2-16)6-11(15-4)25-12(22)9(20)8(19)10(21)14(23,3-17)28-30(24)27-13(6)26-29-30/h2,8-10,13,17-21,23H,3H2,1H3. The van der Waals surface area contributed by atoms with Gasteiger partial charge >= 0.3 is 13.8 Å². The number of phosphoric acid groups is 1. The van der Waals surface area contributed by atoms with Crippen LogP contribution in [0.25, 0.3) is 0 Å². The maximum absolute atomic E-state index is 12.6. The number of phosphoric ester groups is 1. The number of fused-ring (bicyclic) bond motifs is 4. The largest absolute Gasteiger partial charge is 0.507 e. The fourth-order valence-electron chi connectivity index (χ4n) is 2.61. The highest BCUT2D eigenvalue weighted by molar-refractivity contribution is 7.48. The maximum Gasteiger partial charge on any atom is 0.507 e. The number of hydrogen-bond acceptors (Lipinski definition) is 15. The number of nitrogens with zero attached hydrogens (tertiary/aromatic N) is 1. The molecule has 2 aliphatic heterocycles. The number of carbonyl (C=O) groups is 2. The highest BCUT2D eigenvalue weighted by Crippen LogP contribution is 2.62. The van der Waals surface area contributed by atoms with Crippen LogP contribution in [-0.2, 0) is 28.0 Å². The summed E-state index contributed by atoms with van der Waals surface area (Å²) in [6.07, 6.45) is -9.63. The average molecular weight is 453 g/mol. The summed E-state index contributed by atoms with van der Waals surface area (Å²) in [5.74, 6) is -6.37. The van der Waals surface area contributed by atoms with E-state index in [1.54, 1.807) is 0 Å². The summed E-state index contributed by atoms with van der Waals surface area (Å²) in [4.78, 5) is 32.1. The van der Waals surface area contributed by atoms with E-state index in [1.165, 1.54) is 6.92 Å². The summed E-state index contributed by atoms with van der Waals surface area (Å²) in [5.41, 5.74) is -1.41. The van der Waals surface area contributed by atoms with Gasteiger partial charge in [-0.05, 0) is 6.92 Å². The number of hydrogen-bond donors (Lipinski definition) is 6. The third-order valence-electron chi connectivity index (χ3n) is 4.23. The molecule has 2 aliphatic rings. The van der Waals surface area contributed by atoms with Crippen LogP contribution < -0.4 is 4.74 Å². The molecule has 6 N–H and O–H groups in total. The molecule has 166 valence electrons. The van der Waals surface area contributed by atoms with Gasteiger partial charge in [0.15, 0.2) is 12.4 Å². The second kappa shape index (κ2) is 7.90. The van der Waals surface area contributed by atoms with Gasteiger partial charge in [0, 0.05) is 0 Å². The second-order valence-electron chi connectivity index (χ2n) is 6.25. The number of aldehydes is 1. The molecule has 1 aromatic rings. The van der Waals surface area contributed by atoms with Crippen molar-refractivity contribution >= 4 is 20.1 Å². The molecule has 3 rings (SSSR count). The fourth-order valence-corrected chi connectivity index (χ4v) is 3.83. The minimum Gasteiger partial charge on any atom is -0.505 e. The summed E-state index contributed by atoms with van der Waals surface area (Å²) >= 11 is 0. The van der Waals surface area contributed by atoms with E-state index >= 15 is 0 Å². The van der Waals surface area contributed by atoms with Crippen LogP contribution in [0.4, 0.5) is 0 Å². The smallest absolute Gasteiger partial charge is 0.505 e. The summed E-state index contributed by atoms with van der Waals surface area (Å²) in [6, 6.07) is 0. The van der Waals surface area contributed by atoms with Gasteiger partial charge < -0.3 is 35.4 Å². The van der Waals surface area contributed by atoms with Gasteiger partial charge in [0.2, 0.25) is 18.0 Å². The van der Waals surface area contributed by atoms with Crippen molar-refractivity contribution in [1.29, 1.82) is 0 Å². The fraction of sp³-hybridized carbons (Fsp3) is 0.500. The molecule has 6 unspecified atom stereocenters. The number of aromatic nitrogens is 1. The van der Waals surface area contributed by atoms with Crippen molar-refractivity contribution in [2.75, 3.05) is 6.61 Å². The number of rotatable bonds is 2. The quantitative estimate of drug-likeness (QED) is 0.120. The van der Waals surface area contributed by atoms with Gasteiger partial charge in [-0.1, -0.05) is 0 Å². The zero-order chi connectivity index (χ0) is 22.4. The van der Waals surface area contributed by atoms with Crippen LogP contribution in [0.5, 0.6) is 11.6 Å². The van der Waals surface area contributed by atoms with E-state index in [4.69, 9.17) is 9.26 Å². The van der Waals surface area contributed by atoms with Crippen molar-refractivity contribution in [3.8, 4) is 11.6 Å². The molecule has 16 heteroatoms. The molecule has 3 heterocycles. The van der Waals surface area contributed by atoms with Crippen LogP contribution in [0.3, 0.4) is 0 Å². The number of ether oxygens (including phenoxy) is 1. The zero-order valence-electron chi connectivity index (χ0n) is 14.9. The third-order valence-corrected chi connectivity index (χ3v) is 5.49. The number of aromatic hydroxyl groups is 1. The number of carbonyl (C=O) groups excluding carboxylic acids is 2. The summed E-state index contributed by atoms with van der Waals surface area (Å²) in [7, 11) is -4.97. The van der Waals surface area contributed by atoms with Gasteiger partial charge in [-0.25, -0.2) is 23.4 Å². The highest BCUT2D eigenvalue weighted by Gasteiger charge is 2.55. The molecular formula is C14H16NO14P. The first-order chi connectivity index (χ1) is 14.0. The number of aryl methyl sites for hydroxylation is 1. The minimum atomic E-state index is -4.97. The van der Waals surface area contributed by atoms with Crippen LogP contribution in [0.2, 0.25) is 0 Å². The Labute approximate surface area is 166 Å². The molecule has 30 heavy (non-hydrogen) atoms. The van der Waals surface area contributed by atoms with Gasteiger partial charge in [0.05, 0.1) is 16.8 Å². The van der Waals surface area contributed by atoms with Crippen LogP contribution in [0.1, 0.15) is 27.9 Å². The number of esters is 1. The van der Waals surface area contributed by atoms with Crippen molar-refractivity contribution in [2.24, 2.45) is 0 Å². The van der Waals surface area contributed by atoms with E-state index in [0.717, 1.165) is 0 Å². The Balaban J connectivity index is 2.20. The molecule has 15 nitrogen and oxygen atoms in total. The number of aliphatic hydroxyl groups is 5. The first kappa shape index (κ1) is 22.6. The lowest BCUT2D eigenvalue weighted by Gasteiger charge is -2.34. The Bertz CT molecular complexity index is 922. The molecule has 1 aromatic heterocycles. The SMILES string of the molecule is Cc1nc2c(c(C=O)c1O)C1OOP(=O)(O1)OC(O)(CO)C(O)C(O)C(O)C(=O)O2. The van der Waals surface area contributed by atoms with E-state index in [2.05, 4.69) is 19.1 Å². The lowest BCUT2D eigenvalue weighted by atomic mass is 10.0. The Hall–Kier alpha value is -2.04. The third kappa shape index (κ3) is 3.72. The van der Waals surface area contributed by atoms with Gasteiger partial charge in [-0.2, -0.15) is 4.89 Å². The van der Waals surface area contributed by atoms with Gasteiger partial charge in [-0.15, -0.1) is 4.67 Å². The highest BCUT2D eigenvalue weighted by atomic mass is 31.2. The van der Waals surface area contributed by atoms with Crippen molar-refractivity contribution < 1.29 is 68.1 Å². The maximum atomic E-state index is 12.6. The van der Waals surface area contributed by atoms with Crippen molar-refractivity contribution in [2.45, 2.75) is 37.3 Å². The van der Waals surface area contributed by atoms with Crippen molar-refractivity contribution in [3.05, 3.63) is 16.8 Å². The van der Waals surface area contributed by atoms with Crippen molar-refractivity contribution in [3.63, 3.8) is 0 Å². The Kier molecular flexibility index (Phi) is 5.96. The van der Waals surface area contributed by atoms with Gasteiger partial charge in [0.25, 0.3) is 0 Å². The Morgan fingerprint density at radius 1 is 1.30 bits per heavy atom. The minimum absolute atomic E-state index is 0.0957. The zero-order valence-corrected chi connectivity index (χ0v) is 15.8. The average Bonchev–Trinajstić information content (AvgIpc) is 3.08. The predicted molar refractivity (Wildman–Crippen MR) is 86.4 cm³/mol. The lowest BCUT2D eigenvalue weighted by Crippen LogP contribution is -2.58. The summed E-state index contributed by atoms with van der Waals surface area (Å²) in [6.45, 7) is -0.296. The molecule has 0 aliphatic carbocycles. The van der Waals surface area contributed by atoms with Crippen LogP contribution in [0, 0.1) is 6.92 Å². The number of aliphatic hydroxyl groups excluding tert-OH is 4. The molecule has 1 saturated heterocycles. The van der Waals surface area contributed by atoms with E-state index in [1.807, 2.05) is 0 Å². The molecule has 0 spiro atoms. The van der Waals surface area contributed by atoms with Gasteiger partial charge in [-0.3, -0.25) is 4.79 Å². The van der Waals surface area contributed by atoms with E-state index in [-0.39, 0.29) is 12.0 Å². The summed E-state index contributed by atoms with van der Waals surface area (Å²) < 4.78 is 31.3. The predicted octanol–water partition coefficient (Wildman–Crippen LogP) is -2.31. The Morgan fingerprint density at radius 2 is 1.97 bits per heavy atom. The Morgan fingerprint density at radius 3 is 2.57 bits per heavy atom. The van der Waals surface area contributed by atoms with E-state index in [0.29, 0.717) is 0 Å². The molecule has 0 aromatic carbocycles. The molecule has 0 amide bonds. The first-order valence-corrected chi connectivity index (χ1v) is 9.54. The van der Waals surface area contributed by atoms with Crippen LogP contribution in [0.15, 0.2) is 0 Å². The molecule has 0 saturated carbocycles. The van der Waals surface area contributed by atoms with Crippen molar-refractivity contribution in [1.82, 2.24) is 4.98 Å². The second-order valence-corrected chi connectivity index (χ2v) is 7.68. The van der Waals surface area contributed by atoms with E-state index < -0.39 is 73.5 Å². The molecule has 1 fully saturated rings. The number of pyridine rings is 1. The van der Waals surface area contributed by atoms with Crippen LogP contribution >= 0.6 is 7.82 Å². The monoisotopic (exact) mass is 453 g/mol. The lowest BCUT2D eigenvalue weighted by molar-refractivity contribution is -0.274. The summed E-state index contributed by atoms with van der Waals surface area (Å²) in [5, 5.41) is 59.6. The topological polar surface area (TPSA) is 232 Å². The first-order valence-electron chi connectivity index (χ1n) is 8.08. The van der Waals surface area contributed by atoms with E-state index in [9.17, 15) is 44.8 Å². The molecule has 6 atom stereocenters. The van der Waals surface area contributed by atoms with Crippen LogP contribution in [-0.4, -0.2) is 78.6 Å². The molecular weight excluding hydrogens is 437 g/mol. The van der Waals surface area contributed by atoms with Gasteiger partial charge in [0.1, 0.15) is 24.6 Å². The normalized spacial score (nSPS) is 36.9. The molecule has 2 bridgehead atoms. The molecule has 0 radical (unpaired) electrons.